The Hall–Kier alpha value is -1.11. The maximum atomic E-state index is 3.82. The van der Waals surface area contributed by atoms with Crippen LogP contribution < -0.4 is 0 Å². The van der Waals surface area contributed by atoms with Gasteiger partial charge in [-0.1, -0.05) is 12.6 Å². The number of rotatable bonds is 1. The summed E-state index contributed by atoms with van der Waals surface area (Å²) in [5.41, 5.74) is 2.12. The Morgan fingerprint density at radius 3 is 2.89 bits per heavy atom. The molecule has 0 aliphatic rings. The molecule has 0 unspecified atom stereocenters. The molecule has 0 bridgehead atoms. The Balaban J connectivity index is 2.98. The summed E-state index contributed by atoms with van der Waals surface area (Å²) in [6, 6.07) is 3.72. The van der Waals surface area contributed by atoms with Crippen molar-refractivity contribution in [2.45, 2.75) is 6.92 Å². The Kier molecular flexibility index (Phi) is 1.63. The Labute approximate surface area is 55.1 Å². The lowest BCUT2D eigenvalue weighted by molar-refractivity contribution is 1.29. The van der Waals surface area contributed by atoms with Gasteiger partial charge < -0.3 is 0 Å². The molecule has 0 aliphatic heterocycles. The molecule has 0 amide bonds. The zero-order valence-electron chi connectivity index (χ0n) is 5.39. The molecule has 1 radical (unpaired) electrons. The van der Waals surface area contributed by atoms with Crippen molar-refractivity contribution in [3.8, 4) is 0 Å². The average Bonchev–Trinajstić information content (AvgIpc) is 1.90. The van der Waals surface area contributed by atoms with Gasteiger partial charge in [-0.05, 0) is 24.1 Å². The minimum absolute atomic E-state index is 1.04. The minimum Gasteiger partial charge on any atom is -0.254 e. The molecule has 1 rings (SSSR count). The van der Waals surface area contributed by atoms with Crippen molar-refractivity contribution in [3.05, 3.63) is 36.7 Å². The smallest absolute Gasteiger partial charge is 0.0886 e. The first-order valence-electron chi connectivity index (χ1n) is 2.78. The van der Waals surface area contributed by atoms with E-state index in [4.69, 9.17) is 0 Å². The third kappa shape index (κ3) is 1.39. The van der Waals surface area contributed by atoms with Crippen molar-refractivity contribution >= 4 is 5.57 Å². The normalized spacial score (nSPS) is 9.00. The van der Waals surface area contributed by atoms with Gasteiger partial charge in [-0.3, -0.25) is 4.98 Å². The van der Waals surface area contributed by atoms with Gasteiger partial charge in [0.25, 0.3) is 0 Å². The molecular formula is C8H8N. The summed E-state index contributed by atoms with van der Waals surface area (Å²) in [5, 5.41) is 0. The van der Waals surface area contributed by atoms with Gasteiger partial charge >= 0.3 is 0 Å². The van der Waals surface area contributed by atoms with Gasteiger partial charge in [0.05, 0.1) is 6.20 Å². The van der Waals surface area contributed by atoms with Crippen molar-refractivity contribution in [3.63, 3.8) is 0 Å². The van der Waals surface area contributed by atoms with Crippen molar-refractivity contribution in [2.75, 3.05) is 0 Å². The first-order chi connectivity index (χ1) is 4.30. The highest BCUT2D eigenvalue weighted by Gasteiger charge is 1.87. The van der Waals surface area contributed by atoms with Crippen LogP contribution in [0, 0.1) is 6.20 Å². The topological polar surface area (TPSA) is 12.9 Å². The van der Waals surface area contributed by atoms with Crippen LogP contribution in [0.15, 0.2) is 24.9 Å². The fourth-order valence-electron chi connectivity index (χ4n) is 0.572. The predicted octanol–water partition coefficient (Wildman–Crippen LogP) is 1.91. The number of allylic oxidation sites excluding steroid dienone is 1. The first kappa shape index (κ1) is 6.02. The summed E-state index contributed by atoms with van der Waals surface area (Å²) in [4.78, 5) is 3.82. The molecule has 1 nitrogen and oxygen atoms in total. The zero-order valence-corrected chi connectivity index (χ0v) is 5.39. The van der Waals surface area contributed by atoms with Gasteiger partial charge in [-0.15, -0.1) is 0 Å². The van der Waals surface area contributed by atoms with Crippen molar-refractivity contribution in [2.24, 2.45) is 0 Å². The maximum Gasteiger partial charge on any atom is 0.0886 e. The molecule has 0 saturated carbocycles. The zero-order chi connectivity index (χ0) is 6.69. The molecule has 0 aliphatic carbocycles. The fraction of sp³-hybridized carbons (Fsp3) is 0.125. The van der Waals surface area contributed by atoms with E-state index in [2.05, 4.69) is 17.8 Å². The van der Waals surface area contributed by atoms with Crippen LogP contribution in [0.5, 0.6) is 0 Å². The largest absolute Gasteiger partial charge is 0.254 e. The SMILES string of the molecule is C=C(C)c1cc[c]nc1. The molecular weight excluding hydrogens is 110 g/mol. The fourth-order valence-corrected chi connectivity index (χ4v) is 0.572. The van der Waals surface area contributed by atoms with Gasteiger partial charge in [0.15, 0.2) is 0 Å². The summed E-state index contributed by atoms with van der Waals surface area (Å²) in [6.07, 6.45) is 4.45. The van der Waals surface area contributed by atoms with E-state index in [9.17, 15) is 0 Å². The lowest BCUT2D eigenvalue weighted by atomic mass is 10.2. The van der Waals surface area contributed by atoms with Gasteiger partial charge in [0, 0.05) is 6.20 Å². The summed E-state index contributed by atoms with van der Waals surface area (Å²) in [7, 11) is 0. The van der Waals surface area contributed by atoms with E-state index in [-0.39, 0.29) is 0 Å². The summed E-state index contributed by atoms with van der Waals surface area (Å²) in [6.45, 7) is 5.73. The van der Waals surface area contributed by atoms with Crippen molar-refractivity contribution in [1.29, 1.82) is 0 Å². The highest BCUT2D eigenvalue weighted by atomic mass is 14.6. The Morgan fingerprint density at radius 1 is 1.78 bits per heavy atom. The van der Waals surface area contributed by atoms with Crippen LogP contribution in [0.1, 0.15) is 12.5 Å². The van der Waals surface area contributed by atoms with Crippen molar-refractivity contribution < 1.29 is 0 Å². The molecule has 9 heavy (non-hydrogen) atoms. The van der Waals surface area contributed by atoms with E-state index in [1.165, 1.54) is 0 Å². The molecule has 1 heterocycles. The van der Waals surface area contributed by atoms with E-state index in [0.717, 1.165) is 11.1 Å². The molecule has 45 valence electrons. The van der Waals surface area contributed by atoms with Gasteiger partial charge in [-0.2, -0.15) is 0 Å². The minimum atomic E-state index is 1.04. The van der Waals surface area contributed by atoms with Crippen LogP contribution in [0.25, 0.3) is 5.57 Å². The molecule has 0 aromatic carbocycles. The van der Waals surface area contributed by atoms with Crippen molar-refractivity contribution in [1.82, 2.24) is 4.98 Å². The standard InChI is InChI=1S/C8H8N/c1-7(2)8-4-3-5-9-6-8/h3-4,6H,1H2,2H3. The molecule has 1 aromatic rings. The Morgan fingerprint density at radius 2 is 2.56 bits per heavy atom. The number of aromatic nitrogens is 1. The van der Waals surface area contributed by atoms with Crippen LogP contribution in [0.4, 0.5) is 0 Å². The molecule has 0 fully saturated rings. The Bertz CT molecular complexity index is 201. The molecule has 0 saturated heterocycles. The molecule has 0 atom stereocenters. The third-order valence-corrected chi connectivity index (χ3v) is 1.11. The second kappa shape index (κ2) is 2.44. The lowest BCUT2D eigenvalue weighted by Gasteiger charge is -1.93. The van der Waals surface area contributed by atoms with E-state index < -0.39 is 0 Å². The molecule has 0 N–H and O–H groups in total. The van der Waals surface area contributed by atoms with Crippen LogP contribution in [0.2, 0.25) is 0 Å². The van der Waals surface area contributed by atoms with Crippen LogP contribution in [-0.2, 0) is 0 Å². The first-order valence-corrected chi connectivity index (χ1v) is 2.78. The molecule has 1 heteroatoms. The molecule has 0 spiro atoms. The quantitative estimate of drug-likeness (QED) is 0.549. The summed E-state index contributed by atoms with van der Waals surface area (Å²) in [5.74, 6) is 0. The highest BCUT2D eigenvalue weighted by Crippen LogP contribution is 2.06. The number of hydrogen-bond acceptors (Lipinski definition) is 1. The third-order valence-electron chi connectivity index (χ3n) is 1.11. The second-order valence-electron chi connectivity index (χ2n) is 1.96. The number of nitrogens with zero attached hydrogens (tertiary/aromatic N) is 1. The van der Waals surface area contributed by atoms with Gasteiger partial charge in [-0.25, -0.2) is 0 Å². The van der Waals surface area contributed by atoms with Crippen LogP contribution >= 0.6 is 0 Å². The van der Waals surface area contributed by atoms with E-state index in [1.807, 2.05) is 13.0 Å². The van der Waals surface area contributed by atoms with Gasteiger partial charge in [0.2, 0.25) is 0 Å². The summed E-state index contributed by atoms with van der Waals surface area (Å²) >= 11 is 0. The number of hydrogen-bond donors (Lipinski definition) is 0. The highest BCUT2D eigenvalue weighted by molar-refractivity contribution is 5.59. The number of pyridine rings is 1. The average molecular weight is 118 g/mol. The lowest BCUT2D eigenvalue weighted by Crippen LogP contribution is -1.77. The van der Waals surface area contributed by atoms with Crippen LogP contribution in [-0.4, -0.2) is 4.98 Å². The van der Waals surface area contributed by atoms with E-state index in [0.29, 0.717) is 0 Å². The van der Waals surface area contributed by atoms with E-state index in [1.54, 1.807) is 12.3 Å². The monoisotopic (exact) mass is 118 g/mol. The predicted molar refractivity (Wildman–Crippen MR) is 37.8 cm³/mol. The van der Waals surface area contributed by atoms with E-state index >= 15 is 0 Å². The summed E-state index contributed by atoms with van der Waals surface area (Å²) < 4.78 is 0. The van der Waals surface area contributed by atoms with Gasteiger partial charge in [0.1, 0.15) is 0 Å². The second-order valence-corrected chi connectivity index (χ2v) is 1.96. The molecule has 1 aromatic heterocycles. The maximum absolute atomic E-state index is 3.82. The van der Waals surface area contributed by atoms with Crippen LogP contribution in [0.3, 0.4) is 0 Å².